The smallest absolute Gasteiger partial charge is 0.151 e. The number of nitrogens with zero attached hydrogens (tertiary/aromatic N) is 2. The van der Waals surface area contributed by atoms with Gasteiger partial charge in [0.25, 0.3) is 0 Å². The van der Waals surface area contributed by atoms with Gasteiger partial charge in [-0.05, 0) is 165 Å². The van der Waals surface area contributed by atoms with Crippen molar-refractivity contribution in [3.05, 3.63) is 216 Å². The zero-order chi connectivity index (χ0) is 44.3. The minimum atomic E-state index is -0.288. The Balaban J connectivity index is 1.01. The van der Waals surface area contributed by atoms with Crippen molar-refractivity contribution in [2.75, 3.05) is 9.80 Å². The SMILES string of the molecule is CCC1(CC)c2cc(-c3cc(-c4cccc(-c5ccccc5)c4)cc(-c4ccc5c(c4)C(C)(C)c4cccc6c4N5c4ccccc4O6)c3)ccc2N2c3ccccc3Oc3cccc1c32. The van der Waals surface area contributed by atoms with E-state index in [1.165, 1.54) is 78.1 Å². The quantitative estimate of drug-likeness (QED) is 0.166. The van der Waals surface area contributed by atoms with E-state index in [0.29, 0.717) is 0 Å². The van der Waals surface area contributed by atoms with Gasteiger partial charge in [-0.1, -0.05) is 137 Å². The average Bonchev–Trinajstić information content (AvgIpc) is 3.37. The molecular weight excluding hydrogens is 805 g/mol. The molecule has 0 radical (unpaired) electrons. The first-order valence-corrected chi connectivity index (χ1v) is 23.4. The van der Waals surface area contributed by atoms with Crippen LogP contribution in [0.3, 0.4) is 0 Å². The first-order chi connectivity index (χ1) is 32.3. The van der Waals surface area contributed by atoms with Gasteiger partial charge in [0.1, 0.15) is 0 Å². The summed E-state index contributed by atoms with van der Waals surface area (Å²) in [4.78, 5) is 4.87. The van der Waals surface area contributed by atoms with Crippen molar-refractivity contribution in [3.8, 4) is 67.5 Å². The number of rotatable bonds is 6. The van der Waals surface area contributed by atoms with Crippen molar-refractivity contribution in [1.82, 2.24) is 0 Å². The van der Waals surface area contributed by atoms with E-state index < -0.39 is 0 Å². The highest BCUT2D eigenvalue weighted by molar-refractivity contribution is 5.96. The number of para-hydroxylation sites is 6. The summed E-state index contributed by atoms with van der Waals surface area (Å²) in [6, 6.07) is 71.2. The summed E-state index contributed by atoms with van der Waals surface area (Å²) in [6.07, 6.45) is 1.93. The van der Waals surface area contributed by atoms with Crippen LogP contribution in [0.4, 0.5) is 34.1 Å². The Morgan fingerprint density at radius 3 is 1.35 bits per heavy atom. The van der Waals surface area contributed by atoms with Gasteiger partial charge in [0, 0.05) is 10.8 Å². The molecule has 4 nitrogen and oxygen atoms in total. The van der Waals surface area contributed by atoms with Gasteiger partial charge in [-0.25, -0.2) is 0 Å². The molecular formula is C62H48N2O2. The van der Waals surface area contributed by atoms with E-state index >= 15 is 0 Å². The highest BCUT2D eigenvalue weighted by Crippen LogP contribution is 2.63. The Morgan fingerprint density at radius 2 is 0.758 bits per heavy atom. The Bertz CT molecular complexity index is 3450. The van der Waals surface area contributed by atoms with Gasteiger partial charge in [-0.2, -0.15) is 0 Å². The van der Waals surface area contributed by atoms with Crippen molar-refractivity contribution in [2.24, 2.45) is 0 Å². The number of anilines is 6. The van der Waals surface area contributed by atoms with Crippen LogP contribution in [-0.2, 0) is 10.8 Å². The molecule has 0 atom stereocenters. The van der Waals surface area contributed by atoms with Crippen molar-refractivity contribution in [1.29, 1.82) is 0 Å². The average molecular weight is 853 g/mol. The number of hydrogen-bond acceptors (Lipinski definition) is 4. The van der Waals surface area contributed by atoms with Crippen LogP contribution in [0.2, 0.25) is 0 Å². The molecule has 0 aromatic heterocycles. The molecule has 4 heterocycles. The second-order valence-electron chi connectivity index (χ2n) is 18.7. The molecule has 0 fully saturated rings. The van der Waals surface area contributed by atoms with Gasteiger partial charge >= 0.3 is 0 Å². The van der Waals surface area contributed by atoms with E-state index in [-0.39, 0.29) is 10.8 Å². The van der Waals surface area contributed by atoms with Crippen molar-refractivity contribution in [2.45, 2.75) is 51.4 Å². The third-order valence-corrected chi connectivity index (χ3v) is 15.1. The van der Waals surface area contributed by atoms with Crippen LogP contribution in [0.15, 0.2) is 194 Å². The van der Waals surface area contributed by atoms with E-state index in [1.54, 1.807) is 0 Å². The zero-order valence-corrected chi connectivity index (χ0v) is 37.6. The molecule has 9 aromatic carbocycles. The van der Waals surface area contributed by atoms with Gasteiger partial charge in [-0.3, -0.25) is 0 Å². The summed E-state index contributed by atoms with van der Waals surface area (Å²) in [7, 11) is 0. The largest absolute Gasteiger partial charge is 0.453 e. The second-order valence-corrected chi connectivity index (χ2v) is 18.7. The molecule has 0 saturated carbocycles. The predicted octanol–water partition coefficient (Wildman–Crippen LogP) is 17.6. The highest BCUT2D eigenvalue weighted by atomic mass is 16.5. The lowest BCUT2D eigenvalue weighted by Crippen LogP contribution is -2.35. The highest BCUT2D eigenvalue weighted by Gasteiger charge is 2.45. The van der Waals surface area contributed by atoms with Crippen LogP contribution >= 0.6 is 0 Å². The molecule has 66 heavy (non-hydrogen) atoms. The van der Waals surface area contributed by atoms with Crippen molar-refractivity contribution >= 4 is 34.1 Å². The van der Waals surface area contributed by atoms with E-state index in [0.717, 1.165) is 58.6 Å². The molecule has 4 aliphatic heterocycles. The van der Waals surface area contributed by atoms with Crippen molar-refractivity contribution in [3.63, 3.8) is 0 Å². The maximum atomic E-state index is 6.61. The number of benzene rings is 9. The van der Waals surface area contributed by atoms with E-state index in [1.807, 2.05) is 0 Å². The Hall–Kier alpha value is -7.82. The van der Waals surface area contributed by atoms with Crippen molar-refractivity contribution < 1.29 is 9.47 Å². The van der Waals surface area contributed by atoms with Crippen LogP contribution < -0.4 is 19.3 Å². The van der Waals surface area contributed by atoms with Crippen LogP contribution in [0.5, 0.6) is 23.0 Å². The molecule has 0 N–H and O–H groups in total. The molecule has 0 spiro atoms. The Labute approximate surface area is 387 Å². The molecule has 13 rings (SSSR count). The minimum absolute atomic E-state index is 0.203. The maximum absolute atomic E-state index is 6.61. The van der Waals surface area contributed by atoms with Crippen LogP contribution in [-0.4, -0.2) is 0 Å². The Morgan fingerprint density at radius 1 is 0.333 bits per heavy atom. The van der Waals surface area contributed by atoms with Crippen LogP contribution in [0.25, 0.3) is 44.5 Å². The predicted molar refractivity (Wildman–Crippen MR) is 271 cm³/mol. The molecule has 4 heteroatoms. The molecule has 318 valence electrons. The summed E-state index contributed by atoms with van der Waals surface area (Å²) in [5.74, 6) is 3.56. The molecule has 0 aliphatic carbocycles. The van der Waals surface area contributed by atoms with Gasteiger partial charge in [0.2, 0.25) is 0 Å². The summed E-state index contributed by atoms with van der Waals surface area (Å²) in [5, 5.41) is 0. The summed E-state index contributed by atoms with van der Waals surface area (Å²) < 4.78 is 13.2. The summed E-state index contributed by atoms with van der Waals surface area (Å²) in [5.41, 5.74) is 21.1. The summed E-state index contributed by atoms with van der Waals surface area (Å²) in [6.45, 7) is 9.40. The van der Waals surface area contributed by atoms with Gasteiger partial charge in [0.15, 0.2) is 23.0 Å². The molecule has 9 aromatic rings. The van der Waals surface area contributed by atoms with Gasteiger partial charge in [-0.15, -0.1) is 0 Å². The maximum Gasteiger partial charge on any atom is 0.151 e. The van der Waals surface area contributed by atoms with Crippen LogP contribution in [0, 0.1) is 0 Å². The monoisotopic (exact) mass is 852 g/mol. The lowest BCUT2D eigenvalue weighted by atomic mass is 9.66. The minimum Gasteiger partial charge on any atom is -0.453 e. The van der Waals surface area contributed by atoms with E-state index in [4.69, 9.17) is 9.47 Å². The third-order valence-electron chi connectivity index (χ3n) is 15.1. The number of hydrogen-bond donors (Lipinski definition) is 0. The first kappa shape index (κ1) is 38.6. The summed E-state index contributed by atoms with van der Waals surface area (Å²) >= 11 is 0. The number of fused-ring (bicyclic) bond motifs is 8. The number of ether oxygens (including phenoxy) is 2. The first-order valence-electron chi connectivity index (χ1n) is 23.4. The molecule has 4 aliphatic rings. The van der Waals surface area contributed by atoms with Gasteiger partial charge < -0.3 is 19.3 Å². The lowest BCUT2D eigenvalue weighted by Gasteiger charge is -2.47. The molecule has 0 unspecified atom stereocenters. The fraction of sp³-hybridized carbons (Fsp3) is 0.129. The fourth-order valence-electron chi connectivity index (χ4n) is 11.6. The third kappa shape index (κ3) is 5.51. The molecule has 0 saturated heterocycles. The van der Waals surface area contributed by atoms with E-state index in [2.05, 4.69) is 232 Å². The normalized spacial score (nSPS) is 14.9. The van der Waals surface area contributed by atoms with Crippen LogP contribution in [0.1, 0.15) is 62.8 Å². The standard InChI is InChI=1S/C62H48N2O2/c1-5-62(6-2)48-22-16-28-58-60(48)64(54-24-11-13-26-56(54)66-58)52-32-30-43(38-50(52)62)46-35-44(41-20-14-19-40(33-41)39-17-8-7-9-18-39)34-45(36-46)42-29-31-51-49(37-42)61(3,4)47-21-15-27-57-59(47)63(51)53-23-10-12-25-55(53)65-57/h7-38H,5-6H2,1-4H3. The zero-order valence-electron chi connectivity index (χ0n) is 37.6. The molecule has 0 bridgehead atoms. The van der Waals surface area contributed by atoms with E-state index in [9.17, 15) is 0 Å². The van der Waals surface area contributed by atoms with Gasteiger partial charge in [0.05, 0.1) is 34.1 Å². The molecule has 0 amide bonds. The topological polar surface area (TPSA) is 24.9 Å². The Kier molecular flexibility index (Phi) is 8.39. The fourth-order valence-corrected chi connectivity index (χ4v) is 11.6. The second kappa shape index (κ2) is 14.3. The lowest BCUT2D eigenvalue weighted by molar-refractivity contribution is 0.449.